The van der Waals surface area contributed by atoms with Crippen LogP contribution >= 0.6 is 0 Å². The Balaban J connectivity index is 1.72. The van der Waals surface area contributed by atoms with E-state index in [9.17, 15) is 13.2 Å². The van der Waals surface area contributed by atoms with E-state index in [1.807, 2.05) is 37.3 Å². The van der Waals surface area contributed by atoms with Crippen LogP contribution in [0.5, 0.6) is 0 Å². The molecular formula is C19H21N5O3S. The van der Waals surface area contributed by atoms with Gasteiger partial charge in [-0.1, -0.05) is 42.8 Å². The molecule has 9 heteroatoms. The third-order valence-corrected chi connectivity index (χ3v) is 5.43. The molecule has 8 nitrogen and oxygen atoms in total. The van der Waals surface area contributed by atoms with Gasteiger partial charge < -0.3 is 5.32 Å². The van der Waals surface area contributed by atoms with E-state index in [-0.39, 0.29) is 10.6 Å². The van der Waals surface area contributed by atoms with Crippen molar-refractivity contribution in [2.45, 2.75) is 24.7 Å². The summed E-state index contributed by atoms with van der Waals surface area (Å²) in [5.74, 6) is -0.476. The third kappa shape index (κ3) is 4.81. The second-order valence-corrected chi connectivity index (χ2v) is 7.88. The molecule has 0 spiro atoms. The summed E-state index contributed by atoms with van der Waals surface area (Å²) in [4.78, 5) is 12.5. The van der Waals surface area contributed by atoms with Crippen molar-refractivity contribution in [2.24, 2.45) is 0 Å². The number of hydrogen-bond donors (Lipinski definition) is 2. The minimum Gasteiger partial charge on any atom is -0.321 e. The zero-order valence-corrected chi connectivity index (χ0v) is 16.2. The molecule has 0 saturated heterocycles. The summed E-state index contributed by atoms with van der Waals surface area (Å²) in [7, 11) is -3.62. The standard InChI is InChI=1S/C19H21N5O3S/c1-2-3-12-20-28(26,27)17-11-7-8-15(13-17)21-19(25)18-14-24(23-22-18)16-9-5-4-6-10-16/h4-11,13-14,20H,2-3,12H2,1H3,(H,21,25). The molecular weight excluding hydrogens is 378 g/mol. The molecule has 0 atom stereocenters. The van der Waals surface area contributed by atoms with Crippen molar-refractivity contribution in [1.29, 1.82) is 0 Å². The average Bonchev–Trinajstić information content (AvgIpc) is 3.19. The molecule has 0 aliphatic rings. The van der Waals surface area contributed by atoms with Crippen LogP contribution in [0.25, 0.3) is 5.69 Å². The number of amides is 1. The predicted octanol–water partition coefficient (Wildman–Crippen LogP) is 2.60. The molecule has 2 aromatic carbocycles. The smallest absolute Gasteiger partial charge is 0.277 e. The highest BCUT2D eigenvalue weighted by Gasteiger charge is 2.16. The molecule has 1 aromatic heterocycles. The first kappa shape index (κ1) is 19.7. The number of unbranched alkanes of at least 4 members (excludes halogenated alkanes) is 1. The van der Waals surface area contributed by atoms with Gasteiger partial charge in [0, 0.05) is 12.2 Å². The number of anilines is 1. The second-order valence-electron chi connectivity index (χ2n) is 6.12. The molecule has 146 valence electrons. The van der Waals surface area contributed by atoms with Gasteiger partial charge in [0.15, 0.2) is 5.69 Å². The summed E-state index contributed by atoms with van der Waals surface area (Å²) >= 11 is 0. The van der Waals surface area contributed by atoms with Crippen LogP contribution in [0, 0.1) is 0 Å². The maximum Gasteiger partial charge on any atom is 0.277 e. The lowest BCUT2D eigenvalue weighted by atomic mass is 10.3. The topological polar surface area (TPSA) is 106 Å². The molecule has 3 aromatic rings. The fraction of sp³-hybridized carbons (Fsp3) is 0.211. The molecule has 0 unspecified atom stereocenters. The molecule has 0 radical (unpaired) electrons. The first-order valence-electron chi connectivity index (χ1n) is 8.88. The van der Waals surface area contributed by atoms with Crippen molar-refractivity contribution in [2.75, 3.05) is 11.9 Å². The molecule has 1 heterocycles. The molecule has 28 heavy (non-hydrogen) atoms. The number of sulfonamides is 1. The van der Waals surface area contributed by atoms with E-state index in [0.717, 1.165) is 18.5 Å². The number of aromatic nitrogens is 3. The van der Waals surface area contributed by atoms with Crippen LogP contribution in [0.2, 0.25) is 0 Å². The van der Waals surface area contributed by atoms with E-state index >= 15 is 0 Å². The normalized spacial score (nSPS) is 11.3. The Morgan fingerprint density at radius 3 is 2.64 bits per heavy atom. The van der Waals surface area contributed by atoms with Crippen LogP contribution in [0.4, 0.5) is 5.69 Å². The lowest BCUT2D eigenvalue weighted by Crippen LogP contribution is -2.24. The number of para-hydroxylation sites is 1. The van der Waals surface area contributed by atoms with Gasteiger partial charge in [-0.2, -0.15) is 0 Å². The number of carbonyl (C=O) groups excluding carboxylic acids is 1. The van der Waals surface area contributed by atoms with Crippen LogP contribution in [0.3, 0.4) is 0 Å². The van der Waals surface area contributed by atoms with E-state index in [1.54, 1.807) is 12.1 Å². The van der Waals surface area contributed by atoms with Gasteiger partial charge >= 0.3 is 0 Å². The Bertz CT molecular complexity index is 1050. The van der Waals surface area contributed by atoms with Gasteiger partial charge in [0.1, 0.15) is 0 Å². The van der Waals surface area contributed by atoms with Gasteiger partial charge in [-0.05, 0) is 36.8 Å². The van der Waals surface area contributed by atoms with Crippen LogP contribution in [0.1, 0.15) is 30.3 Å². The highest BCUT2D eigenvalue weighted by molar-refractivity contribution is 7.89. The second kappa shape index (κ2) is 8.77. The molecule has 0 aliphatic heterocycles. The summed E-state index contributed by atoms with van der Waals surface area (Å²) < 4.78 is 28.7. The zero-order chi connectivity index (χ0) is 20.0. The van der Waals surface area contributed by atoms with Crippen molar-refractivity contribution >= 4 is 21.6 Å². The predicted molar refractivity (Wildman–Crippen MR) is 106 cm³/mol. The lowest BCUT2D eigenvalue weighted by molar-refractivity contribution is 0.102. The lowest BCUT2D eigenvalue weighted by Gasteiger charge is -2.08. The molecule has 0 fully saturated rings. The Morgan fingerprint density at radius 2 is 1.89 bits per heavy atom. The molecule has 1 amide bonds. The largest absolute Gasteiger partial charge is 0.321 e. The van der Waals surface area contributed by atoms with Gasteiger partial charge in [-0.15, -0.1) is 5.10 Å². The van der Waals surface area contributed by atoms with Crippen LogP contribution < -0.4 is 10.0 Å². The van der Waals surface area contributed by atoms with Crippen molar-refractivity contribution in [3.8, 4) is 5.69 Å². The summed E-state index contributed by atoms with van der Waals surface area (Å²) in [5, 5.41) is 10.5. The van der Waals surface area contributed by atoms with Gasteiger partial charge in [0.05, 0.1) is 16.8 Å². The Hall–Kier alpha value is -3.04. The number of nitrogens with one attached hydrogen (secondary N) is 2. The Labute approximate surface area is 163 Å². The van der Waals surface area contributed by atoms with Crippen LogP contribution in [-0.4, -0.2) is 35.9 Å². The van der Waals surface area contributed by atoms with Crippen molar-refractivity contribution < 1.29 is 13.2 Å². The van der Waals surface area contributed by atoms with E-state index < -0.39 is 15.9 Å². The highest BCUT2D eigenvalue weighted by Crippen LogP contribution is 2.16. The minimum absolute atomic E-state index is 0.0920. The number of nitrogens with zero attached hydrogens (tertiary/aromatic N) is 3. The summed E-state index contributed by atoms with van der Waals surface area (Å²) in [5.41, 5.74) is 1.26. The van der Waals surface area contributed by atoms with Gasteiger partial charge in [-0.25, -0.2) is 17.8 Å². The zero-order valence-electron chi connectivity index (χ0n) is 15.4. The van der Waals surface area contributed by atoms with Gasteiger partial charge in [0.25, 0.3) is 5.91 Å². The van der Waals surface area contributed by atoms with E-state index in [4.69, 9.17) is 0 Å². The maximum absolute atomic E-state index is 12.4. The monoisotopic (exact) mass is 399 g/mol. The quantitative estimate of drug-likeness (QED) is 0.566. The van der Waals surface area contributed by atoms with Crippen molar-refractivity contribution in [3.05, 3.63) is 66.5 Å². The Morgan fingerprint density at radius 1 is 1.11 bits per heavy atom. The van der Waals surface area contributed by atoms with E-state index in [1.165, 1.54) is 23.0 Å². The highest BCUT2D eigenvalue weighted by atomic mass is 32.2. The van der Waals surface area contributed by atoms with Crippen LogP contribution in [0.15, 0.2) is 65.7 Å². The first-order chi connectivity index (χ1) is 13.5. The number of carbonyl (C=O) groups is 1. The molecule has 0 aliphatic carbocycles. The number of rotatable bonds is 8. The van der Waals surface area contributed by atoms with Crippen molar-refractivity contribution in [3.63, 3.8) is 0 Å². The summed E-state index contributed by atoms with van der Waals surface area (Å²) in [6.45, 7) is 2.36. The fourth-order valence-electron chi connectivity index (χ4n) is 2.48. The average molecular weight is 399 g/mol. The minimum atomic E-state index is -3.62. The molecule has 3 rings (SSSR count). The SMILES string of the molecule is CCCCNS(=O)(=O)c1cccc(NC(=O)c2cn(-c3ccccc3)nn2)c1. The maximum atomic E-state index is 12.4. The Kier molecular flexibility index (Phi) is 6.17. The van der Waals surface area contributed by atoms with Gasteiger partial charge in [-0.3, -0.25) is 4.79 Å². The van der Waals surface area contributed by atoms with Crippen molar-refractivity contribution in [1.82, 2.24) is 19.7 Å². The van der Waals surface area contributed by atoms with E-state index in [2.05, 4.69) is 20.4 Å². The number of benzene rings is 2. The third-order valence-electron chi connectivity index (χ3n) is 3.97. The fourth-order valence-corrected chi connectivity index (χ4v) is 3.60. The van der Waals surface area contributed by atoms with Crippen LogP contribution in [-0.2, 0) is 10.0 Å². The molecule has 0 bridgehead atoms. The van der Waals surface area contributed by atoms with Gasteiger partial charge in [0.2, 0.25) is 10.0 Å². The number of hydrogen-bond acceptors (Lipinski definition) is 5. The summed E-state index contributed by atoms with van der Waals surface area (Å²) in [6.07, 6.45) is 3.16. The molecule has 0 saturated carbocycles. The molecule has 2 N–H and O–H groups in total. The van der Waals surface area contributed by atoms with E-state index in [0.29, 0.717) is 12.2 Å². The first-order valence-corrected chi connectivity index (χ1v) is 10.4. The summed E-state index contributed by atoms with van der Waals surface area (Å²) in [6, 6.07) is 15.4.